The molecule has 1 saturated heterocycles. The quantitative estimate of drug-likeness (QED) is 0.742. The Bertz CT molecular complexity index is 247. The molecule has 84 valence electrons. The maximum absolute atomic E-state index is 11.9. The fourth-order valence-electron chi connectivity index (χ4n) is 1.28. The Morgan fingerprint density at radius 1 is 1.53 bits per heavy atom. The molecule has 1 N–H and O–H groups in total. The summed E-state index contributed by atoms with van der Waals surface area (Å²) in [5, 5.41) is 2.82. The molecule has 1 heterocycles. The third-order valence-corrected chi connectivity index (χ3v) is 2.10. The highest BCUT2D eigenvalue weighted by Gasteiger charge is 2.19. The molecular formula is C10H17N3O2. The van der Waals surface area contributed by atoms with E-state index in [0.717, 1.165) is 0 Å². The lowest BCUT2D eigenvalue weighted by atomic mass is 10.4. The minimum Gasteiger partial charge on any atom is -0.393 e. The van der Waals surface area contributed by atoms with Crippen molar-refractivity contribution in [3.63, 3.8) is 0 Å². The van der Waals surface area contributed by atoms with Gasteiger partial charge in [0.15, 0.2) is 0 Å². The summed E-state index contributed by atoms with van der Waals surface area (Å²) in [6.07, 6.45) is 4.82. The zero-order valence-corrected chi connectivity index (χ0v) is 8.98. The van der Waals surface area contributed by atoms with Crippen LogP contribution in [0.15, 0.2) is 25.2 Å². The minimum atomic E-state index is -0.0696. The number of nitrogens with one attached hydrogen (secondary N) is 1. The summed E-state index contributed by atoms with van der Waals surface area (Å²) in [5.74, 6) is 0. The maximum Gasteiger partial charge on any atom is 0.328 e. The van der Waals surface area contributed by atoms with Gasteiger partial charge in [0.05, 0.1) is 13.2 Å². The molecule has 1 aliphatic rings. The predicted octanol–water partition coefficient (Wildman–Crippen LogP) is 0.575. The summed E-state index contributed by atoms with van der Waals surface area (Å²) in [5.41, 5.74) is 0. The van der Waals surface area contributed by atoms with E-state index >= 15 is 0 Å². The van der Waals surface area contributed by atoms with Crippen molar-refractivity contribution >= 4 is 6.03 Å². The smallest absolute Gasteiger partial charge is 0.328 e. The molecule has 0 saturated carbocycles. The lowest BCUT2D eigenvalue weighted by Crippen LogP contribution is -2.45. The number of carbonyl (C=O) groups is 1. The first-order valence-electron chi connectivity index (χ1n) is 4.91. The van der Waals surface area contributed by atoms with Crippen LogP contribution in [-0.2, 0) is 4.74 Å². The van der Waals surface area contributed by atoms with E-state index < -0.39 is 0 Å². The highest BCUT2D eigenvalue weighted by atomic mass is 16.5. The van der Waals surface area contributed by atoms with E-state index in [1.54, 1.807) is 24.3 Å². The van der Waals surface area contributed by atoms with Gasteiger partial charge in [-0.15, -0.1) is 0 Å². The normalized spacial score (nSPS) is 16.5. The van der Waals surface area contributed by atoms with Crippen LogP contribution >= 0.6 is 0 Å². The molecule has 0 aromatic rings. The summed E-state index contributed by atoms with van der Waals surface area (Å²) in [6.45, 7) is 6.08. The van der Waals surface area contributed by atoms with Crippen molar-refractivity contribution in [1.82, 2.24) is 15.1 Å². The number of ether oxygens (including phenoxy) is 1. The first-order chi connectivity index (χ1) is 7.29. The van der Waals surface area contributed by atoms with E-state index in [9.17, 15) is 4.79 Å². The second-order valence-corrected chi connectivity index (χ2v) is 3.08. The second kappa shape index (κ2) is 6.08. The Kier molecular flexibility index (Phi) is 4.70. The monoisotopic (exact) mass is 211 g/mol. The van der Waals surface area contributed by atoms with Crippen LogP contribution in [0.4, 0.5) is 4.79 Å². The molecule has 0 aromatic heterocycles. The van der Waals surface area contributed by atoms with Gasteiger partial charge in [-0.1, -0.05) is 6.58 Å². The number of nitrogens with zero attached hydrogens (tertiary/aromatic N) is 2. The standard InChI is InChI=1S/C10H17N3O2/c1-3-12(5-4-11-2)10(14)13-6-8-15-9-7-13/h3-5,11H,1,6-9H2,2H3/b5-4-. The van der Waals surface area contributed by atoms with E-state index in [-0.39, 0.29) is 6.03 Å². The molecule has 0 bridgehead atoms. The van der Waals surface area contributed by atoms with Crippen LogP contribution in [0.3, 0.4) is 0 Å². The van der Waals surface area contributed by atoms with E-state index in [1.807, 2.05) is 0 Å². The largest absolute Gasteiger partial charge is 0.393 e. The number of carbonyl (C=O) groups excluding carboxylic acids is 1. The number of morpholine rings is 1. The molecular weight excluding hydrogens is 194 g/mol. The molecule has 15 heavy (non-hydrogen) atoms. The van der Waals surface area contributed by atoms with Crippen LogP contribution in [0, 0.1) is 0 Å². The van der Waals surface area contributed by atoms with Crippen LogP contribution in [-0.4, -0.2) is 49.2 Å². The zero-order chi connectivity index (χ0) is 11.1. The molecule has 0 aliphatic carbocycles. The highest BCUT2D eigenvalue weighted by Crippen LogP contribution is 2.03. The zero-order valence-electron chi connectivity index (χ0n) is 8.98. The van der Waals surface area contributed by atoms with Crippen LogP contribution in [0.5, 0.6) is 0 Å². The van der Waals surface area contributed by atoms with Crippen molar-refractivity contribution in [3.05, 3.63) is 25.2 Å². The maximum atomic E-state index is 11.9. The third-order valence-electron chi connectivity index (χ3n) is 2.10. The van der Waals surface area contributed by atoms with E-state index in [0.29, 0.717) is 26.3 Å². The molecule has 1 fully saturated rings. The molecule has 1 rings (SSSR count). The number of urea groups is 1. The predicted molar refractivity (Wildman–Crippen MR) is 58.0 cm³/mol. The van der Waals surface area contributed by atoms with Gasteiger partial charge in [0.1, 0.15) is 0 Å². The van der Waals surface area contributed by atoms with Gasteiger partial charge < -0.3 is 15.0 Å². The Hall–Kier alpha value is -1.49. The van der Waals surface area contributed by atoms with Crippen LogP contribution in [0.25, 0.3) is 0 Å². The van der Waals surface area contributed by atoms with Crippen molar-refractivity contribution in [2.45, 2.75) is 0 Å². The summed E-state index contributed by atoms with van der Waals surface area (Å²) >= 11 is 0. The van der Waals surface area contributed by atoms with Crippen LogP contribution < -0.4 is 5.32 Å². The summed E-state index contributed by atoms with van der Waals surface area (Å²) < 4.78 is 5.18. The van der Waals surface area contributed by atoms with E-state index in [1.165, 1.54) is 11.1 Å². The number of amides is 2. The van der Waals surface area contributed by atoms with Crippen molar-refractivity contribution in [2.24, 2.45) is 0 Å². The van der Waals surface area contributed by atoms with E-state index in [4.69, 9.17) is 4.74 Å². The number of rotatable bonds is 3. The fraction of sp³-hybridized carbons (Fsp3) is 0.500. The molecule has 5 heteroatoms. The van der Waals surface area contributed by atoms with Gasteiger partial charge in [-0.05, 0) is 0 Å². The molecule has 5 nitrogen and oxygen atoms in total. The number of hydrogen-bond donors (Lipinski definition) is 1. The minimum absolute atomic E-state index is 0.0696. The third kappa shape index (κ3) is 3.28. The average molecular weight is 211 g/mol. The molecule has 0 unspecified atom stereocenters. The topological polar surface area (TPSA) is 44.8 Å². The van der Waals surface area contributed by atoms with Gasteiger partial charge in [-0.3, -0.25) is 4.90 Å². The van der Waals surface area contributed by atoms with Gasteiger partial charge >= 0.3 is 6.03 Å². The van der Waals surface area contributed by atoms with Crippen molar-refractivity contribution in [3.8, 4) is 0 Å². The van der Waals surface area contributed by atoms with Gasteiger partial charge in [0.25, 0.3) is 0 Å². The van der Waals surface area contributed by atoms with Gasteiger partial charge in [-0.25, -0.2) is 4.79 Å². The second-order valence-electron chi connectivity index (χ2n) is 3.08. The summed E-state index contributed by atoms with van der Waals surface area (Å²) in [7, 11) is 1.77. The van der Waals surface area contributed by atoms with Crippen LogP contribution in [0.2, 0.25) is 0 Å². The van der Waals surface area contributed by atoms with Gasteiger partial charge in [0.2, 0.25) is 0 Å². The summed E-state index contributed by atoms with van der Waals surface area (Å²) in [4.78, 5) is 15.1. The van der Waals surface area contributed by atoms with Crippen molar-refractivity contribution in [1.29, 1.82) is 0 Å². The molecule has 2 amide bonds. The lowest BCUT2D eigenvalue weighted by Gasteiger charge is -2.29. The highest BCUT2D eigenvalue weighted by molar-refractivity contribution is 5.76. The Morgan fingerprint density at radius 2 is 2.20 bits per heavy atom. The lowest BCUT2D eigenvalue weighted by molar-refractivity contribution is 0.0491. The first-order valence-corrected chi connectivity index (χ1v) is 4.91. The van der Waals surface area contributed by atoms with Crippen molar-refractivity contribution < 1.29 is 9.53 Å². The molecule has 0 atom stereocenters. The number of hydrogen-bond acceptors (Lipinski definition) is 3. The van der Waals surface area contributed by atoms with Crippen molar-refractivity contribution in [2.75, 3.05) is 33.4 Å². The van der Waals surface area contributed by atoms with Gasteiger partial charge in [0, 0.05) is 38.7 Å². The Balaban J connectivity index is 2.54. The van der Waals surface area contributed by atoms with Gasteiger partial charge in [-0.2, -0.15) is 0 Å². The molecule has 0 spiro atoms. The van der Waals surface area contributed by atoms with Crippen LogP contribution in [0.1, 0.15) is 0 Å². The Morgan fingerprint density at radius 3 is 2.73 bits per heavy atom. The fourth-order valence-corrected chi connectivity index (χ4v) is 1.28. The molecule has 0 radical (unpaired) electrons. The van der Waals surface area contributed by atoms with E-state index in [2.05, 4.69) is 11.9 Å². The Labute approximate surface area is 90.0 Å². The SMILES string of the molecule is C=CN(/C=C\NC)C(=O)N1CCOCC1. The molecule has 1 aliphatic heterocycles. The first kappa shape index (κ1) is 11.6. The average Bonchev–Trinajstić information content (AvgIpc) is 2.31. The summed E-state index contributed by atoms with van der Waals surface area (Å²) in [6, 6.07) is -0.0696. The molecule has 0 aromatic carbocycles.